The fraction of sp³-hybridized carbons (Fsp3) is 0.120. The third kappa shape index (κ3) is 5.18. The third-order valence-electron chi connectivity index (χ3n) is 5.25. The first-order valence-electron chi connectivity index (χ1n) is 10.7. The van der Waals surface area contributed by atoms with E-state index in [0.29, 0.717) is 27.8 Å². The molecule has 0 fully saturated rings. The quantitative estimate of drug-likeness (QED) is 0.367. The van der Waals surface area contributed by atoms with Gasteiger partial charge in [-0.3, -0.25) is 9.59 Å². The molecule has 10 heteroatoms. The highest BCUT2D eigenvalue weighted by molar-refractivity contribution is 7.87. The summed E-state index contributed by atoms with van der Waals surface area (Å²) in [5.41, 5.74) is 1.21. The van der Waals surface area contributed by atoms with Crippen LogP contribution in [0.15, 0.2) is 89.3 Å². The molecular formula is C25H24N4O5S. The summed E-state index contributed by atoms with van der Waals surface area (Å²) >= 11 is 0. The summed E-state index contributed by atoms with van der Waals surface area (Å²) in [6.45, 7) is 0.112. The summed E-state index contributed by atoms with van der Waals surface area (Å²) in [7, 11) is -0.949. The highest BCUT2D eigenvalue weighted by Gasteiger charge is 2.22. The van der Waals surface area contributed by atoms with Gasteiger partial charge in [0.2, 0.25) is 0 Å². The number of carbonyl (C=O) groups is 2. The Balaban J connectivity index is 1.76. The molecule has 0 aliphatic carbocycles. The van der Waals surface area contributed by atoms with E-state index in [9.17, 15) is 18.0 Å². The lowest BCUT2D eigenvalue weighted by Crippen LogP contribution is -2.34. The number of furan rings is 1. The van der Waals surface area contributed by atoms with Gasteiger partial charge in [0.25, 0.3) is 11.8 Å². The van der Waals surface area contributed by atoms with Crippen LogP contribution in [0.25, 0.3) is 17.0 Å². The molecule has 9 nitrogen and oxygen atoms in total. The summed E-state index contributed by atoms with van der Waals surface area (Å²) in [5, 5.41) is 5.97. The summed E-state index contributed by atoms with van der Waals surface area (Å²) in [5.74, 6) is -0.492. The molecule has 0 spiro atoms. The predicted octanol–water partition coefficient (Wildman–Crippen LogP) is 2.98. The second kappa shape index (κ2) is 10.00. The lowest BCUT2D eigenvalue weighted by atomic mass is 10.1. The number of hydrogen-bond donors (Lipinski definition) is 2. The Morgan fingerprint density at radius 3 is 2.40 bits per heavy atom. The SMILES string of the molecule is CN(C)S(=O)(=O)n1cc(C=C(NC(=O)c2ccccc2)C(=O)NCc2ccco2)c2ccccc21. The van der Waals surface area contributed by atoms with Crippen molar-refractivity contribution < 1.29 is 22.4 Å². The van der Waals surface area contributed by atoms with Gasteiger partial charge in [-0.1, -0.05) is 36.4 Å². The van der Waals surface area contributed by atoms with Crippen LogP contribution in [0.2, 0.25) is 0 Å². The summed E-state index contributed by atoms with van der Waals surface area (Å²) < 4.78 is 33.3. The summed E-state index contributed by atoms with van der Waals surface area (Å²) in [6, 6.07) is 18.8. The Morgan fingerprint density at radius 2 is 1.71 bits per heavy atom. The second-order valence-electron chi connectivity index (χ2n) is 7.83. The van der Waals surface area contributed by atoms with Crippen LogP contribution in [-0.2, 0) is 21.5 Å². The summed E-state index contributed by atoms with van der Waals surface area (Å²) in [6.07, 6.45) is 4.38. The van der Waals surface area contributed by atoms with Gasteiger partial charge in [0.1, 0.15) is 11.5 Å². The normalized spacial score (nSPS) is 12.1. The van der Waals surface area contributed by atoms with E-state index >= 15 is 0 Å². The van der Waals surface area contributed by atoms with E-state index in [1.54, 1.807) is 66.7 Å². The van der Waals surface area contributed by atoms with E-state index in [0.717, 1.165) is 8.28 Å². The molecule has 4 rings (SSSR count). The number of nitrogens with zero attached hydrogens (tertiary/aromatic N) is 2. The van der Waals surface area contributed by atoms with E-state index < -0.39 is 22.0 Å². The fourth-order valence-electron chi connectivity index (χ4n) is 3.43. The molecule has 0 saturated heterocycles. The smallest absolute Gasteiger partial charge is 0.307 e. The lowest BCUT2D eigenvalue weighted by molar-refractivity contribution is -0.118. The molecule has 35 heavy (non-hydrogen) atoms. The molecular weight excluding hydrogens is 468 g/mol. The van der Waals surface area contributed by atoms with Gasteiger partial charge in [0.15, 0.2) is 0 Å². The molecule has 0 saturated carbocycles. The van der Waals surface area contributed by atoms with E-state index in [-0.39, 0.29) is 12.2 Å². The van der Waals surface area contributed by atoms with Crippen LogP contribution in [-0.4, -0.2) is 42.6 Å². The van der Waals surface area contributed by atoms with Crippen LogP contribution >= 0.6 is 0 Å². The van der Waals surface area contributed by atoms with Gasteiger partial charge in [-0.05, 0) is 36.4 Å². The predicted molar refractivity (Wildman–Crippen MR) is 132 cm³/mol. The zero-order valence-corrected chi connectivity index (χ0v) is 20.0. The number of nitrogens with one attached hydrogen (secondary N) is 2. The van der Waals surface area contributed by atoms with Gasteiger partial charge >= 0.3 is 10.2 Å². The summed E-state index contributed by atoms with van der Waals surface area (Å²) in [4.78, 5) is 25.9. The van der Waals surface area contributed by atoms with E-state index in [4.69, 9.17) is 4.42 Å². The Labute approximate surface area is 202 Å². The monoisotopic (exact) mass is 492 g/mol. The number of aromatic nitrogens is 1. The van der Waals surface area contributed by atoms with Gasteiger partial charge in [0, 0.05) is 36.8 Å². The molecule has 2 heterocycles. The second-order valence-corrected chi connectivity index (χ2v) is 9.85. The average molecular weight is 493 g/mol. The van der Waals surface area contributed by atoms with Gasteiger partial charge in [-0.15, -0.1) is 0 Å². The minimum Gasteiger partial charge on any atom is -0.467 e. The van der Waals surface area contributed by atoms with Crippen LogP contribution in [0.4, 0.5) is 0 Å². The number of rotatable bonds is 8. The van der Waals surface area contributed by atoms with Crippen LogP contribution in [0.3, 0.4) is 0 Å². The molecule has 0 aliphatic rings. The number of benzene rings is 2. The molecule has 2 aromatic heterocycles. The van der Waals surface area contributed by atoms with Crippen LogP contribution in [0.1, 0.15) is 21.7 Å². The molecule has 2 N–H and O–H groups in total. The first-order valence-corrected chi connectivity index (χ1v) is 12.1. The van der Waals surface area contributed by atoms with Gasteiger partial charge < -0.3 is 15.1 Å². The minimum atomic E-state index is -3.82. The molecule has 2 aromatic carbocycles. The van der Waals surface area contributed by atoms with Gasteiger partial charge in [-0.2, -0.15) is 12.7 Å². The molecule has 4 aromatic rings. The van der Waals surface area contributed by atoms with Crippen molar-refractivity contribution in [3.63, 3.8) is 0 Å². The molecule has 0 atom stereocenters. The number of amides is 2. The molecule has 0 unspecified atom stereocenters. The van der Waals surface area contributed by atoms with Crippen molar-refractivity contribution in [2.45, 2.75) is 6.54 Å². The Kier molecular flexibility index (Phi) is 6.85. The first-order chi connectivity index (χ1) is 16.8. The van der Waals surface area contributed by atoms with Crippen molar-refractivity contribution in [2.75, 3.05) is 14.1 Å². The number of para-hydroxylation sites is 1. The largest absolute Gasteiger partial charge is 0.467 e. The van der Waals surface area contributed by atoms with Crippen LogP contribution in [0.5, 0.6) is 0 Å². The third-order valence-corrected chi connectivity index (χ3v) is 6.97. The Morgan fingerprint density at radius 1 is 1.00 bits per heavy atom. The van der Waals surface area contributed by atoms with Crippen molar-refractivity contribution in [3.05, 3.63) is 102 Å². The molecule has 0 aliphatic heterocycles. The molecule has 2 amide bonds. The Hall–Kier alpha value is -4.15. The van der Waals surface area contributed by atoms with E-state index in [2.05, 4.69) is 10.6 Å². The maximum Gasteiger partial charge on any atom is 0.307 e. The highest BCUT2D eigenvalue weighted by atomic mass is 32.2. The van der Waals surface area contributed by atoms with Gasteiger partial charge in [-0.25, -0.2) is 3.97 Å². The molecule has 0 bridgehead atoms. The maximum absolute atomic E-state index is 13.1. The van der Waals surface area contributed by atoms with Crippen molar-refractivity contribution in [1.82, 2.24) is 18.9 Å². The number of fused-ring (bicyclic) bond motifs is 1. The zero-order chi connectivity index (χ0) is 25.0. The van der Waals surface area contributed by atoms with Crippen molar-refractivity contribution in [1.29, 1.82) is 0 Å². The van der Waals surface area contributed by atoms with E-state index in [1.807, 2.05) is 0 Å². The number of carbonyl (C=O) groups excluding carboxylic acids is 2. The zero-order valence-electron chi connectivity index (χ0n) is 19.1. The first kappa shape index (κ1) is 24.0. The standard InChI is InChI=1S/C25H24N4O5S/c1-28(2)35(32,33)29-17-19(21-12-6-7-13-23(21)29)15-22(25(31)26-16-20-11-8-14-34-20)27-24(30)18-9-4-3-5-10-18/h3-15,17H,16H2,1-2H3,(H,26,31)(H,27,30). The Bertz CT molecular complexity index is 1490. The van der Waals surface area contributed by atoms with Crippen LogP contribution in [0, 0.1) is 0 Å². The van der Waals surface area contributed by atoms with Crippen molar-refractivity contribution >= 4 is 39.0 Å². The maximum atomic E-state index is 13.1. The number of hydrogen-bond acceptors (Lipinski definition) is 5. The fourth-order valence-corrected chi connectivity index (χ4v) is 4.44. The average Bonchev–Trinajstić information content (AvgIpc) is 3.51. The lowest BCUT2D eigenvalue weighted by Gasteiger charge is -2.13. The minimum absolute atomic E-state index is 0.0458. The van der Waals surface area contributed by atoms with Crippen molar-refractivity contribution in [3.8, 4) is 0 Å². The van der Waals surface area contributed by atoms with E-state index in [1.165, 1.54) is 32.6 Å². The highest BCUT2D eigenvalue weighted by Crippen LogP contribution is 2.25. The van der Waals surface area contributed by atoms with Crippen molar-refractivity contribution in [2.24, 2.45) is 0 Å². The topological polar surface area (TPSA) is 114 Å². The van der Waals surface area contributed by atoms with Crippen LogP contribution < -0.4 is 10.6 Å². The molecule has 180 valence electrons. The van der Waals surface area contributed by atoms with Gasteiger partial charge in [0.05, 0.1) is 18.3 Å². The molecule has 0 radical (unpaired) electrons.